The van der Waals surface area contributed by atoms with Gasteiger partial charge in [-0.05, 0) is 0 Å². The summed E-state index contributed by atoms with van der Waals surface area (Å²) in [5.74, 6) is 0. The average Bonchev–Trinajstić information content (AvgIpc) is 1.58. The van der Waals surface area contributed by atoms with Crippen molar-refractivity contribution in [1.82, 2.24) is 10.6 Å². The van der Waals surface area contributed by atoms with Gasteiger partial charge in [0.15, 0.2) is 0 Å². The number of hydrogen-bond donors (Lipinski definition) is 4. The fourth-order valence-electron chi connectivity index (χ4n) is 0.225. The summed E-state index contributed by atoms with van der Waals surface area (Å²) in [6.45, 7) is 0. The normalized spacial score (nSPS) is 8.00. The Labute approximate surface area is 54.6 Å². The Morgan fingerprint density at radius 1 is 0.900 bits per heavy atom. The number of carbonyl (C=O) groups excluding carboxylic acids is 1. The van der Waals surface area contributed by atoms with Crippen LogP contribution in [0.5, 0.6) is 0 Å². The lowest BCUT2D eigenvalue weighted by atomic mass is 10.9. The second kappa shape index (κ2) is 3.28. The first kappa shape index (κ1) is 8.21. The SMILES string of the molecule is O=C(O)NC(=O)NC(=O)O. The molecule has 0 aromatic heterocycles. The van der Waals surface area contributed by atoms with Crippen LogP contribution in [-0.4, -0.2) is 28.4 Å². The summed E-state index contributed by atoms with van der Waals surface area (Å²) in [6, 6.07) is -1.29. The number of carbonyl (C=O) groups is 3. The first-order valence-corrected chi connectivity index (χ1v) is 2.06. The number of carboxylic acid groups (broad SMARTS) is 2. The highest BCUT2D eigenvalue weighted by molar-refractivity contribution is 5.97. The molecule has 0 bridgehead atoms. The first-order valence-electron chi connectivity index (χ1n) is 2.06. The van der Waals surface area contributed by atoms with Crippen LogP contribution in [0.25, 0.3) is 0 Å². The van der Waals surface area contributed by atoms with Crippen molar-refractivity contribution in [3.63, 3.8) is 0 Å². The summed E-state index contributed by atoms with van der Waals surface area (Å²) in [4.78, 5) is 29.3. The van der Waals surface area contributed by atoms with E-state index >= 15 is 0 Å². The highest BCUT2D eigenvalue weighted by atomic mass is 16.4. The van der Waals surface area contributed by atoms with Gasteiger partial charge in [-0.2, -0.15) is 0 Å². The van der Waals surface area contributed by atoms with Crippen LogP contribution < -0.4 is 10.6 Å². The molecule has 0 saturated carbocycles. The van der Waals surface area contributed by atoms with Crippen LogP contribution in [0.15, 0.2) is 0 Å². The van der Waals surface area contributed by atoms with Gasteiger partial charge < -0.3 is 10.2 Å². The Morgan fingerprint density at radius 2 is 1.20 bits per heavy atom. The third kappa shape index (κ3) is 4.37. The molecule has 7 nitrogen and oxygen atoms in total. The van der Waals surface area contributed by atoms with E-state index in [1.807, 2.05) is 0 Å². The number of hydrogen-bond acceptors (Lipinski definition) is 3. The van der Waals surface area contributed by atoms with E-state index in [0.29, 0.717) is 0 Å². The van der Waals surface area contributed by atoms with E-state index in [4.69, 9.17) is 10.2 Å². The molecule has 4 amide bonds. The zero-order chi connectivity index (χ0) is 8.15. The molecule has 0 saturated heterocycles. The van der Waals surface area contributed by atoms with Crippen molar-refractivity contribution in [3.8, 4) is 0 Å². The molecule has 0 unspecified atom stereocenters. The Kier molecular flexibility index (Phi) is 2.69. The van der Waals surface area contributed by atoms with Crippen molar-refractivity contribution in [1.29, 1.82) is 0 Å². The maximum absolute atomic E-state index is 10.1. The van der Waals surface area contributed by atoms with Gasteiger partial charge in [-0.25, -0.2) is 25.0 Å². The molecule has 0 aromatic carbocycles. The third-order valence-corrected chi connectivity index (χ3v) is 0.441. The number of imide groups is 2. The van der Waals surface area contributed by atoms with E-state index in [0.717, 1.165) is 0 Å². The van der Waals surface area contributed by atoms with Crippen LogP contribution in [0, 0.1) is 0 Å². The number of urea groups is 1. The van der Waals surface area contributed by atoms with Crippen LogP contribution in [0.3, 0.4) is 0 Å². The minimum absolute atomic E-state index is 1.26. The van der Waals surface area contributed by atoms with Crippen LogP contribution >= 0.6 is 0 Å². The molecule has 0 atom stereocenters. The van der Waals surface area contributed by atoms with E-state index in [9.17, 15) is 14.4 Å². The molecule has 0 heterocycles. The topological polar surface area (TPSA) is 116 Å². The van der Waals surface area contributed by atoms with Gasteiger partial charge in [-0.1, -0.05) is 0 Å². The molecule has 0 fully saturated rings. The van der Waals surface area contributed by atoms with Crippen molar-refractivity contribution in [2.45, 2.75) is 0 Å². The maximum atomic E-state index is 10.1. The Bertz CT molecular complexity index is 158. The molecule has 0 aromatic rings. The zero-order valence-corrected chi connectivity index (χ0v) is 4.62. The van der Waals surface area contributed by atoms with Gasteiger partial charge in [-0.15, -0.1) is 0 Å². The zero-order valence-electron chi connectivity index (χ0n) is 4.62. The van der Waals surface area contributed by atoms with Gasteiger partial charge in [0.25, 0.3) is 0 Å². The van der Waals surface area contributed by atoms with Crippen LogP contribution in [0.2, 0.25) is 0 Å². The number of amides is 4. The van der Waals surface area contributed by atoms with Gasteiger partial charge >= 0.3 is 18.2 Å². The van der Waals surface area contributed by atoms with Gasteiger partial charge in [0.1, 0.15) is 0 Å². The monoisotopic (exact) mass is 148 g/mol. The summed E-state index contributed by atoms with van der Waals surface area (Å²) in [6.07, 6.45) is -3.22. The van der Waals surface area contributed by atoms with E-state index < -0.39 is 18.2 Å². The summed E-state index contributed by atoms with van der Waals surface area (Å²) in [5.41, 5.74) is 0. The summed E-state index contributed by atoms with van der Waals surface area (Å²) in [7, 11) is 0. The Hall–Kier alpha value is -1.79. The van der Waals surface area contributed by atoms with Gasteiger partial charge in [0.05, 0.1) is 0 Å². The van der Waals surface area contributed by atoms with Crippen LogP contribution in [0.4, 0.5) is 14.4 Å². The van der Waals surface area contributed by atoms with Crippen molar-refractivity contribution in [2.75, 3.05) is 0 Å². The fourth-order valence-corrected chi connectivity index (χ4v) is 0.225. The first-order chi connectivity index (χ1) is 4.52. The van der Waals surface area contributed by atoms with E-state index in [2.05, 4.69) is 0 Å². The lowest BCUT2D eigenvalue weighted by Crippen LogP contribution is -2.41. The molecule has 0 aliphatic carbocycles. The standard InChI is InChI=1S/C3H4N2O5/c6-1(4-2(7)8)5-3(9)10/h(H,7,8)(H,9,10)(H2,4,5,6). The number of rotatable bonds is 0. The van der Waals surface area contributed by atoms with Crippen LogP contribution in [-0.2, 0) is 0 Å². The van der Waals surface area contributed by atoms with Gasteiger partial charge in [0, 0.05) is 0 Å². The van der Waals surface area contributed by atoms with Gasteiger partial charge in [0.2, 0.25) is 0 Å². The minimum Gasteiger partial charge on any atom is -0.465 e. The van der Waals surface area contributed by atoms with E-state index in [1.165, 1.54) is 10.6 Å². The summed E-state index contributed by atoms with van der Waals surface area (Å²) >= 11 is 0. The second-order valence-electron chi connectivity index (χ2n) is 1.19. The molecule has 0 aliphatic rings. The predicted molar refractivity (Wildman–Crippen MR) is 27.7 cm³/mol. The highest BCUT2D eigenvalue weighted by Gasteiger charge is 2.06. The largest absolute Gasteiger partial charge is 0.465 e. The smallest absolute Gasteiger partial charge is 0.412 e. The molecule has 0 spiro atoms. The molecule has 4 N–H and O–H groups in total. The van der Waals surface area contributed by atoms with Crippen molar-refractivity contribution >= 4 is 18.2 Å². The average molecular weight is 148 g/mol. The molecule has 56 valence electrons. The van der Waals surface area contributed by atoms with E-state index in [-0.39, 0.29) is 0 Å². The second-order valence-corrected chi connectivity index (χ2v) is 1.19. The maximum Gasteiger partial charge on any atom is 0.412 e. The lowest BCUT2D eigenvalue weighted by Gasteiger charge is -1.95. The molecular formula is C3H4N2O5. The molecule has 10 heavy (non-hydrogen) atoms. The van der Waals surface area contributed by atoms with Crippen molar-refractivity contribution in [3.05, 3.63) is 0 Å². The summed E-state index contributed by atoms with van der Waals surface area (Å²) in [5, 5.41) is 18.2. The fraction of sp³-hybridized carbons (Fsp3) is 0. The minimum atomic E-state index is -1.61. The molecular weight excluding hydrogens is 144 g/mol. The van der Waals surface area contributed by atoms with Crippen molar-refractivity contribution < 1.29 is 24.6 Å². The summed E-state index contributed by atoms with van der Waals surface area (Å²) < 4.78 is 0. The highest BCUT2D eigenvalue weighted by Crippen LogP contribution is 1.65. The molecule has 0 rings (SSSR count). The molecule has 0 aliphatic heterocycles. The molecule has 7 heteroatoms. The quantitative estimate of drug-likeness (QED) is 0.374. The van der Waals surface area contributed by atoms with Gasteiger partial charge in [-0.3, -0.25) is 0 Å². The van der Waals surface area contributed by atoms with Crippen molar-refractivity contribution in [2.24, 2.45) is 0 Å². The van der Waals surface area contributed by atoms with Crippen LogP contribution in [0.1, 0.15) is 0 Å². The predicted octanol–water partition coefficient (Wildman–Crippen LogP) is -0.358. The lowest BCUT2D eigenvalue weighted by molar-refractivity contribution is 0.185. The Morgan fingerprint density at radius 3 is 1.40 bits per heavy atom. The van der Waals surface area contributed by atoms with E-state index in [1.54, 1.807) is 0 Å². The Balaban J connectivity index is 3.65. The molecule has 0 radical (unpaired) electrons. The third-order valence-electron chi connectivity index (χ3n) is 0.441. The number of nitrogens with one attached hydrogen (secondary N) is 2.